The number of aromatic hydroxyl groups is 1. The van der Waals surface area contributed by atoms with Crippen molar-refractivity contribution in [3.05, 3.63) is 71.9 Å². The highest BCUT2D eigenvalue weighted by Gasteiger charge is 2.09. The van der Waals surface area contributed by atoms with E-state index in [1.54, 1.807) is 24.3 Å². The van der Waals surface area contributed by atoms with Crippen molar-refractivity contribution >= 4 is 16.8 Å². The quantitative estimate of drug-likeness (QED) is 0.777. The second-order valence-electron chi connectivity index (χ2n) is 5.04. The fourth-order valence-electron chi connectivity index (χ4n) is 2.31. The molecule has 0 aliphatic rings. The predicted octanol–water partition coefficient (Wildman–Crippen LogP) is 2.91. The molecule has 4 nitrogen and oxygen atoms in total. The number of carbonyl (C=O) groups excluding carboxylic acids is 1. The van der Waals surface area contributed by atoms with Crippen LogP contribution in [0.2, 0.25) is 0 Å². The minimum atomic E-state index is -0.235. The van der Waals surface area contributed by atoms with Gasteiger partial charge in [0.25, 0.3) is 5.91 Å². The number of phenols is 1. The molecular weight excluding hydrogens is 276 g/mol. The molecule has 110 valence electrons. The second kappa shape index (κ2) is 6.26. The van der Waals surface area contributed by atoms with Gasteiger partial charge in [0.05, 0.1) is 0 Å². The number of hydrogen-bond acceptors (Lipinski definition) is 3. The number of fused-ring (bicyclic) bond motifs is 1. The topological polar surface area (TPSA) is 62.2 Å². The van der Waals surface area contributed by atoms with Crippen molar-refractivity contribution < 1.29 is 9.90 Å². The number of phenolic OH excluding ortho intramolecular Hbond substituents is 1. The van der Waals surface area contributed by atoms with Gasteiger partial charge < -0.3 is 10.4 Å². The molecule has 3 aromatic rings. The minimum Gasteiger partial charge on any atom is -0.506 e. The molecule has 0 fully saturated rings. The maximum absolute atomic E-state index is 12.1. The molecule has 22 heavy (non-hydrogen) atoms. The number of hydrogen-bond donors (Lipinski definition) is 2. The van der Waals surface area contributed by atoms with Gasteiger partial charge in [0.1, 0.15) is 17.0 Å². The largest absolute Gasteiger partial charge is 0.506 e. The summed E-state index contributed by atoms with van der Waals surface area (Å²) in [6.07, 6.45) is 0.769. The van der Waals surface area contributed by atoms with E-state index in [9.17, 15) is 9.90 Å². The lowest BCUT2D eigenvalue weighted by molar-refractivity contribution is 0.0949. The number of amides is 1. The lowest BCUT2D eigenvalue weighted by Gasteiger charge is -2.06. The van der Waals surface area contributed by atoms with Crippen LogP contribution in [0.5, 0.6) is 5.75 Å². The van der Waals surface area contributed by atoms with Crippen LogP contribution in [-0.2, 0) is 6.42 Å². The molecule has 0 aliphatic heterocycles. The van der Waals surface area contributed by atoms with Gasteiger partial charge in [-0.2, -0.15) is 0 Å². The smallest absolute Gasteiger partial charge is 0.269 e. The molecule has 0 saturated carbocycles. The Bertz CT molecular complexity index is 801. The van der Waals surface area contributed by atoms with Crippen LogP contribution in [0.3, 0.4) is 0 Å². The van der Waals surface area contributed by atoms with Crippen molar-refractivity contribution in [2.24, 2.45) is 0 Å². The van der Waals surface area contributed by atoms with Crippen molar-refractivity contribution in [2.45, 2.75) is 6.42 Å². The van der Waals surface area contributed by atoms with E-state index >= 15 is 0 Å². The van der Waals surface area contributed by atoms with Crippen molar-refractivity contribution in [1.82, 2.24) is 10.3 Å². The van der Waals surface area contributed by atoms with Gasteiger partial charge in [0.15, 0.2) is 0 Å². The molecular formula is C18H16N2O2. The van der Waals surface area contributed by atoms with Crippen molar-refractivity contribution in [1.29, 1.82) is 0 Å². The summed E-state index contributed by atoms with van der Waals surface area (Å²) in [5, 5.41) is 13.5. The number of pyridine rings is 1. The molecule has 0 bridgehead atoms. The number of para-hydroxylation sites is 1. The van der Waals surface area contributed by atoms with E-state index in [2.05, 4.69) is 10.3 Å². The van der Waals surface area contributed by atoms with E-state index in [0.29, 0.717) is 17.8 Å². The first-order chi connectivity index (χ1) is 10.7. The predicted molar refractivity (Wildman–Crippen MR) is 85.9 cm³/mol. The summed E-state index contributed by atoms with van der Waals surface area (Å²) in [6, 6.07) is 18.6. The summed E-state index contributed by atoms with van der Waals surface area (Å²) < 4.78 is 0. The van der Waals surface area contributed by atoms with E-state index in [-0.39, 0.29) is 11.7 Å². The number of carbonyl (C=O) groups is 1. The Balaban J connectivity index is 1.68. The van der Waals surface area contributed by atoms with Gasteiger partial charge >= 0.3 is 0 Å². The summed E-state index contributed by atoms with van der Waals surface area (Å²) in [7, 11) is 0. The van der Waals surface area contributed by atoms with Crippen LogP contribution in [0, 0.1) is 0 Å². The zero-order chi connectivity index (χ0) is 15.4. The Hall–Kier alpha value is -2.88. The first-order valence-corrected chi connectivity index (χ1v) is 7.15. The molecule has 4 heteroatoms. The van der Waals surface area contributed by atoms with Crippen LogP contribution < -0.4 is 5.32 Å². The zero-order valence-electron chi connectivity index (χ0n) is 12.0. The maximum atomic E-state index is 12.1. The van der Waals surface area contributed by atoms with Crippen LogP contribution in [-0.4, -0.2) is 22.5 Å². The highest BCUT2D eigenvalue weighted by Crippen LogP contribution is 2.22. The molecule has 1 amide bonds. The lowest BCUT2D eigenvalue weighted by atomic mass is 10.1. The molecule has 1 heterocycles. The number of aromatic nitrogens is 1. The van der Waals surface area contributed by atoms with Crippen LogP contribution in [0.4, 0.5) is 0 Å². The monoisotopic (exact) mass is 292 g/mol. The van der Waals surface area contributed by atoms with Gasteiger partial charge in [-0.1, -0.05) is 48.5 Å². The van der Waals surface area contributed by atoms with Gasteiger partial charge in [-0.25, -0.2) is 4.98 Å². The highest BCUT2D eigenvalue weighted by atomic mass is 16.3. The third-order valence-electron chi connectivity index (χ3n) is 3.47. The van der Waals surface area contributed by atoms with Crippen LogP contribution in [0.25, 0.3) is 10.9 Å². The third-order valence-corrected chi connectivity index (χ3v) is 3.47. The van der Waals surface area contributed by atoms with E-state index in [1.807, 2.05) is 36.4 Å². The Labute approximate surface area is 128 Å². The van der Waals surface area contributed by atoms with E-state index in [4.69, 9.17) is 0 Å². The number of rotatable bonds is 4. The Kier molecular flexibility index (Phi) is 4.01. The molecule has 0 unspecified atom stereocenters. The van der Waals surface area contributed by atoms with Gasteiger partial charge in [0, 0.05) is 11.9 Å². The van der Waals surface area contributed by atoms with Gasteiger partial charge in [-0.15, -0.1) is 0 Å². The van der Waals surface area contributed by atoms with Gasteiger partial charge in [0.2, 0.25) is 0 Å². The average molecular weight is 292 g/mol. The third kappa shape index (κ3) is 3.06. The molecule has 0 radical (unpaired) electrons. The Morgan fingerprint density at radius 2 is 1.82 bits per heavy atom. The summed E-state index contributed by atoms with van der Waals surface area (Å²) >= 11 is 0. The second-order valence-corrected chi connectivity index (χ2v) is 5.04. The first-order valence-electron chi connectivity index (χ1n) is 7.15. The molecule has 2 aromatic carbocycles. The Morgan fingerprint density at radius 3 is 2.64 bits per heavy atom. The number of benzene rings is 2. The normalized spacial score (nSPS) is 10.5. The summed E-state index contributed by atoms with van der Waals surface area (Å²) in [4.78, 5) is 16.4. The summed E-state index contributed by atoms with van der Waals surface area (Å²) in [6.45, 7) is 0.545. The summed E-state index contributed by atoms with van der Waals surface area (Å²) in [5.74, 6) is -0.155. The maximum Gasteiger partial charge on any atom is 0.269 e. The van der Waals surface area contributed by atoms with Gasteiger partial charge in [-0.05, 0) is 24.1 Å². The fraction of sp³-hybridized carbons (Fsp3) is 0.111. The lowest BCUT2D eigenvalue weighted by Crippen LogP contribution is -2.26. The molecule has 3 rings (SSSR count). The first kappa shape index (κ1) is 14.1. The molecule has 0 spiro atoms. The zero-order valence-corrected chi connectivity index (χ0v) is 12.0. The van der Waals surface area contributed by atoms with Crippen LogP contribution >= 0.6 is 0 Å². The molecule has 0 saturated heterocycles. The van der Waals surface area contributed by atoms with Crippen molar-refractivity contribution in [2.75, 3.05) is 6.54 Å². The number of nitrogens with one attached hydrogen (secondary N) is 1. The van der Waals surface area contributed by atoms with E-state index < -0.39 is 0 Å². The molecule has 0 aliphatic carbocycles. The Morgan fingerprint density at radius 1 is 1.00 bits per heavy atom. The van der Waals surface area contributed by atoms with Crippen LogP contribution in [0.15, 0.2) is 60.7 Å². The highest BCUT2D eigenvalue weighted by molar-refractivity contribution is 5.95. The van der Waals surface area contributed by atoms with Gasteiger partial charge in [-0.3, -0.25) is 4.79 Å². The van der Waals surface area contributed by atoms with Crippen LogP contribution in [0.1, 0.15) is 16.1 Å². The number of nitrogens with zero attached hydrogens (tertiary/aromatic N) is 1. The fourth-order valence-corrected chi connectivity index (χ4v) is 2.31. The summed E-state index contributed by atoms with van der Waals surface area (Å²) in [5.41, 5.74) is 1.92. The van der Waals surface area contributed by atoms with E-state index in [1.165, 1.54) is 5.56 Å². The molecule has 1 aromatic heterocycles. The van der Waals surface area contributed by atoms with Crippen molar-refractivity contribution in [3.8, 4) is 5.75 Å². The standard InChI is InChI=1S/C18H16N2O2/c21-16-8-4-7-14-9-10-15(20-17(14)16)18(22)19-12-11-13-5-2-1-3-6-13/h1-10,21H,11-12H2,(H,19,22). The van der Waals surface area contributed by atoms with E-state index in [0.717, 1.165) is 11.8 Å². The SMILES string of the molecule is O=C(NCCc1ccccc1)c1ccc2cccc(O)c2n1. The molecule has 0 atom stereocenters. The van der Waals surface area contributed by atoms with Crippen molar-refractivity contribution in [3.63, 3.8) is 0 Å². The minimum absolute atomic E-state index is 0.0800. The average Bonchev–Trinajstić information content (AvgIpc) is 2.56. The molecule has 2 N–H and O–H groups in total.